The summed E-state index contributed by atoms with van der Waals surface area (Å²) in [5.41, 5.74) is 1.12. The quantitative estimate of drug-likeness (QED) is 0.916. The van der Waals surface area contributed by atoms with E-state index in [1.54, 1.807) is 28.9 Å². The highest BCUT2D eigenvalue weighted by Crippen LogP contribution is 2.08. The van der Waals surface area contributed by atoms with Crippen LogP contribution >= 0.6 is 0 Å². The fourth-order valence-corrected chi connectivity index (χ4v) is 1.82. The standard InChI is InChI=1S/C14H18N4O/c1-3-18(11-12-7-5-4-6-8-12)14(19)16-13-9-10-15-17(13)2/h4-10H,3,11H2,1-2H3,(H,16,19). The van der Waals surface area contributed by atoms with Gasteiger partial charge in [0.2, 0.25) is 0 Å². The molecule has 0 unspecified atom stereocenters. The summed E-state index contributed by atoms with van der Waals surface area (Å²) in [4.78, 5) is 13.9. The highest BCUT2D eigenvalue weighted by atomic mass is 16.2. The van der Waals surface area contributed by atoms with Gasteiger partial charge < -0.3 is 4.90 Å². The summed E-state index contributed by atoms with van der Waals surface area (Å²) in [6, 6.07) is 11.6. The van der Waals surface area contributed by atoms with Crippen LogP contribution in [-0.4, -0.2) is 27.3 Å². The first-order valence-electron chi connectivity index (χ1n) is 6.28. The molecular formula is C14H18N4O. The summed E-state index contributed by atoms with van der Waals surface area (Å²) >= 11 is 0. The van der Waals surface area contributed by atoms with E-state index in [1.807, 2.05) is 37.3 Å². The Morgan fingerprint density at radius 3 is 2.63 bits per heavy atom. The molecule has 0 bridgehead atoms. The van der Waals surface area contributed by atoms with Gasteiger partial charge in [-0.05, 0) is 12.5 Å². The summed E-state index contributed by atoms with van der Waals surface area (Å²) in [7, 11) is 1.79. The molecule has 5 heteroatoms. The first-order chi connectivity index (χ1) is 9.20. The highest BCUT2D eigenvalue weighted by Gasteiger charge is 2.13. The molecule has 0 aliphatic heterocycles. The molecule has 2 rings (SSSR count). The first kappa shape index (κ1) is 13.1. The molecule has 100 valence electrons. The van der Waals surface area contributed by atoms with Gasteiger partial charge in [0.1, 0.15) is 5.82 Å². The van der Waals surface area contributed by atoms with Gasteiger partial charge in [0.05, 0.1) is 6.20 Å². The van der Waals surface area contributed by atoms with Crippen molar-refractivity contribution in [2.24, 2.45) is 7.05 Å². The number of carbonyl (C=O) groups is 1. The normalized spacial score (nSPS) is 10.2. The molecule has 0 fully saturated rings. The van der Waals surface area contributed by atoms with Crippen molar-refractivity contribution in [3.8, 4) is 0 Å². The smallest absolute Gasteiger partial charge is 0.320 e. The summed E-state index contributed by atoms with van der Waals surface area (Å²) in [5.74, 6) is 0.691. The van der Waals surface area contributed by atoms with E-state index < -0.39 is 0 Å². The number of nitrogens with zero attached hydrogens (tertiary/aromatic N) is 3. The lowest BCUT2D eigenvalue weighted by Crippen LogP contribution is -2.34. The highest BCUT2D eigenvalue weighted by molar-refractivity contribution is 5.88. The Morgan fingerprint density at radius 2 is 2.05 bits per heavy atom. The average molecular weight is 258 g/mol. The third kappa shape index (κ3) is 3.34. The number of nitrogens with one attached hydrogen (secondary N) is 1. The lowest BCUT2D eigenvalue weighted by atomic mass is 10.2. The molecule has 0 saturated carbocycles. The number of aryl methyl sites for hydroxylation is 1. The largest absolute Gasteiger partial charge is 0.323 e. The maximum absolute atomic E-state index is 12.2. The number of urea groups is 1. The predicted octanol–water partition coefficient (Wildman–Crippen LogP) is 2.47. The zero-order valence-corrected chi connectivity index (χ0v) is 11.2. The summed E-state index contributed by atoms with van der Waals surface area (Å²) in [6.07, 6.45) is 1.66. The monoisotopic (exact) mass is 258 g/mol. The molecule has 0 atom stereocenters. The molecule has 19 heavy (non-hydrogen) atoms. The van der Waals surface area contributed by atoms with Crippen LogP contribution in [0.3, 0.4) is 0 Å². The van der Waals surface area contributed by atoms with Crippen molar-refractivity contribution in [1.82, 2.24) is 14.7 Å². The van der Waals surface area contributed by atoms with E-state index in [0.29, 0.717) is 18.9 Å². The van der Waals surface area contributed by atoms with Gasteiger partial charge in [0.15, 0.2) is 0 Å². The summed E-state index contributed by atoms with van der Waals surface area (Å²) < 4.78 is 1.63. The van der Waals surface area contributed by atoms with Crippen LogP contribution in [0.5, 0.6) is 0 Å². The van der Waals surface area contributed by atoms with Gasteiger partial charge in [-0.1, -0.05) is 30.3 Å². The van der Waals surface area contributed by atoms with Crippen LogP contribution in [-0.2, 0) is 13.6 Å². The van der Waals surface area contributed by atoms with Crippen LogP contribution in [0.4, 0.5) is 10.6 Å². The van der Waals surface area contributed by atoms with E-state index >= 15 is 0 Å². The van der Waals surface area contributed by atoms with E-state index in [4.69, 9.17) is 0 Å². The minimum Gasteiger partial charge on any atom is -0.320 e. The van der Waals surface area contributed by atoms with Crippen LogP contribution in [0, 0.1) is 0 Å². The number of benzene rings is 1. The summed E-state index contributed by atoms with van der Waals surface area (Å²) in [5, 5.41) is 6.87. The maximum atomic E-state index is 12.2. The molecule has 1 heterocycles. The lowest BCUT2D eigenvalue weighted by Gasteiger charge is -2.21. The number of anilines is 1. The van der Waals surface area contributed by atoms with Crippen molar-refractivity contribution < 1.29 is 4.79 Å². The number of hydrogen-bond donors (Lipinski definition) is 1. The third-order valence-corrected chi connectivity index (χ3v) is 2.94. The Morgan fingerprint density at radius 1 is 1.32 bits per heavy atom. The van der Waals surface area contributed by atoms with E-state index in [9.17, 15) is 4.79 Å². The fourth-order valence-electron chi connectivity index (χ4n) is 1.82. The molecule has 0 radical (unpaired) electrons. The third-order valence-electron chi connectivity index (χ3n) is 2.94. The van der Waals surface area contributed by atoms with E-state index in [-0.39, 0.29) is 6.03 Å². The van der Waals surface area contributed by atoms with Crippen molar-refractivity contribution in [2.75, 3.05) is 11.9 Å². The van der Waals surface area contributed by atoms with Gasteiger partial charge >= 0.3 is 6.03 Å². The number of aromatic nitrogens is 2. The van der Waals surface area contributed by atoms with Crippen LogP contribution in [0.1, 0.15) is 12.5 Å². The van der Waals surface area contributed by atoms with Gasteiger partial charge in [-0.15, -0.1) is 0 Å². The molecular weight excluding hydrogens is 240 g/mol. The van der Waals surface area contributed by atoms with Crippen LogP contribution in [0.25, 0.3) is 0 Å². The Kier molecular flexibility index (Phi) is 4.18. The van der Waals surface area contributed by atoms with Gasteiger partial charge in [0.25, 0.3) is 0 Å². The Hall–Kier alpha value is -2.30. The van der Waals surface area contributed by atoms with Crippen molar-refractivity contribution in [3.63, 3.8) is 0 Å². The van der Waals surface area contributed by atoms with E-state index in [0.717, 1.165) is 5.56 Å². The van der Waals surface area contributed by atoms with Gasteiger partial charge in [-0.25, -0.2) is 4.79 Å². The second kappa shape index (κ2) is 6.04. The van der Waals surface area contributed by atoms with Gasteiger partial charge in [-0.2, -0.15) is 5.10 Å². The maximum Gasteiger partial charge on any atom is 0.323 e. The molecule has 5 nitrogen and oxygen atoms in total. The Labute approximate surface area is 112 Å². The Bertz CT molecular complexity index is 535. The number of carbonyl (C=O) groups excluding carboxylic acids is 1. The number of amides is 2. The zero-order valence-electron chi connectivity index (χ0n) is 11.2. The number of hydrogen-bond acceptors (Lipinski definition) is 2. The van der Waals surface area contributed by atoms with Crippen LogP contribution in [0.2, 0.25) is 0 Å². The average Bonchev–Trinajstić information content (AvgIpc) is 2.82. The zero-order chi connectivity index (χ0) is 13.7. The Balaban J connectivity index is 2.01. The second-order valence-corrected chi connectivity index (χ2v) is 4.27. The summed E-state index contributed by atoms with van der Waals surface area (Å²) in [6.45, 7) is 3.21. The molecule has 0 saturated heterocycles. The van der Waals surface area contributed by atoms with Gasteiger partial charge in [0, 0.05) is 26.2 Å². The topological polar surface area (TPSA) is 50.2 Å². The molecule has 1 N–H and O–H groups in total. The van der Waals surface area contributed by atoms with Crippen molar-refractivity contribution >= 4 is 11.8 Å². The molecule has 2 amide bonds. The SMILES string of the molecule is CCN(Cc1ccccc1)C(=O)Nc1ccnn1C. The van der Waals surface area contributed by atoms with Crippen LogP contribution < -0.4 is 5.32 Å². The fraction of sp³-hybridized carbons (Fsp3) is 0.286. The predicted molar refractivity (Wildman–Crippen MR) is 74.8 cm³/mol. The molecule has 1 aromatic carbocycles. The minimum absolute atomic E-state index is 0.116. The second-order valence-electron chi connectivity index (χ2n) is 4.27. The van der Waals surface area contributed by atoms with Crippen molar-refractivity contribution in [3.05, 3.63) is 48.2 Å². The van der Waals surface area contributed by atoms with Crippen LogP contribution in [0.15, 0.2) is 42.6 Å². The number of rotatable bonds is 4. The van der Waals surface area contributed by atoms with Crippen molar-refractivity contribution in [1.29, 1.82) is 0 Å². The molecule has 2 aromatic rings. The molecule has 1 aromatic heterocycles. The van der Waals surface area contributed by atoms with Crippen molar-refractivity contribution in [2.45, 2.75) is 13.5 Å². The van der Waals surface area contributed by atoms with E-state index in [1.165, 1.54) is 0 Å². The molecule has 0 aliphatic rings. The first-order valence-corrected chi connectivity index (χ1v) is 6.28. The molecule has 0 spiro atoms. The minimum atomic E-state index is -0.116. The molecule has 0 aliphatic carbocycles. The lowest BCUT2D eigenvalue weighted by molar-refractivity contribution is 0.212. The van der Waals surface area contributed by atoms with Gasteiger partial charge in [-0.3, -0.25) is 10.00 Å². The van der Waals surface area contributed by atoms with E-state index in [2.05, 4.69) is 10.4 Å².